The van der Waals surface area contributed by atoms with Gasteiger partial charge < -0.3 is 20.2 Å². The fraction of sp³-hybridized carbons (Fsp3) is 0.333. The zero-order valence-corrected chi connectivity index (χ0v) is 12.6. The van der Waals surface area contributed by atoms with Crippen LogP contribution < -0.4 is 16.2 Å². The molecule has 0 radical (unpaired) electrons. The lowest BCUT2D eigenvalue weighted by Gasteiger charge is -2.32. The van der Waals surface area contributed by atoms with Gasteiger partial charge in [0.15, 0.2) is 11.4 Å². The van der Waals surface area contributed by atoms with Crippen LogP contribution in [0.15, 0.2) is 27.9 Å². The van der Waals surface area contributed by atoms with E-state index in [2.05, 4.69) is 15.2 Å². The summed E-state index contributed by atoms with van der Waals surface area (Å²) in [6.07, 6.45) is 1.37. The third-order valence-electron chi connectivity index (χ3n) is 3.93. The van der Waals surface area contributed by atoms with Gasteiger partial charge in [-0.25, -0.2) is 4.98 Å². The predicted molar refractivity (Wildman–Crippen MR) is 83.9 cm³/mol. The van der Waals surface area contributed by atoms with Gasteiger partial charge in [-0.05, 0) is 13.1 Å². The Morgan fingerprint density at radius 3 is 2.52 bits per heavy atom. The molecule has 0 spiro atoms. The summed E-state index contributed by atoms with van der Waals surface area (Å²) in [6.45, 7) is 2.64. The van der Waals surface area contributed by atoms with Crippen LogP contribution in [-0.4, -0.2) is 59.0 Å². The summed E-state index contributed by atoms with van der Waals surface area (Å²) in [7, 11) is 1.98. The first-order valence-electron chi connectivity index (χ1n) is 7.20. The Hall–Kier alpha value is -2.74. The molecule has 0 bridgehead atoms. The molecule has 23 heavy (non-hydrogen) atoms. The SMILES string of the molecule is CN1CCN(C(=O)c2nccc(Nc3cc(=O)c3=O)c2O)CC1. The smallest absolute Gasteiger partial charge is 0.276 e. The van der Waals surface area contributed by atoms with E-state index in [0.29, 0.717) is 13.1 Å². The van der Waals surface area contributed by atoms with Crippen LogP contribution in [0.25, 0.3) is 0 Å². The lowest BCUT2D eigenvalue weighted by atomic mass is 10.2. The number of aromatic nitrogens is 1. The normalized spacial score (nSPS) is 15.8. The lowest BCUT2D eigenvalue weighted by Crippen LogP contribution is -2.47. The van der Waals surface area contributed by atoms with E-state index in [0.717, 1.165) is 19.2 Å². The van der Waals surface area contributed by atoms with Crippen molar-refractivity contribution >= 4 is 17.3 Å². The molecule has 1 aliphatic rings. The molecule has 0 unspecified atom stereocenters. The maximum Gasteiger partial charge on any atom is 0.276 e. The standard InChI is InChI=1S/C15H16N4O4/c1-18-4-6-19(7-5-18)15(23)12-14(22)9(2-3-16-12)17-10-8-11(20)13(10)21/h2-3,8,22H,4-7H2,1H3,(H,16,17). The number of hydrogen-bond donors (Lipinski definition) is 2. The van der Waals surface area contributed by atoms with Crippen LogP contribution in [0.1, 0.15) is 10.5 Å². The molecule has 0 saturated carbocycles. The molecule has 1 aliphatic heterocycles. The Labute approximate surface area is 131 Å². The van der Waals surface area contributed by atoms with Gasteiger partial charge in [-0.15, -0.1) is 0 Å². The number of nitrogens with one attached hydrogen (secondary N) is 1. The number of carbonyl (C=O) groups excluding carboxylic acids is 1. The van der Waals surface area contributed by atoms with Crippen molar-refractivity contribution in [3.63, 3.8) is 0 Å². The molecule has 1 aromatic carbocycles. The van der Waals surface area contributed by atoms with Crippen LogP contribution in [0.2, 0.25) is 0 Å². The number of nitrogens with zero attached hydrogens (tertiary/aromatic N) is 3. The number of carbonyl (C=O) groups is 1. The minimum atomic E-state index is -0.645. The molecule has 0 aliphatic carbocycles. The van der Waals surface area contributed by atoms with Crippen molar-refractivity contribution < 1.29 is 9.90 Å². The van der Waals surface area contributed by atoms with Crippen molar-refractivity contribution in [1.29, 1.82) is 0 Å². The lowest BCUT2D eigenvalue weighted by molar-refractivity contribution is 0.0655. The second kappa shape index (κ2) is 5.81. The molecule has 3 rings (SSSR count). The van der Waals surface area contributed by atoms with Gasteiger partial charge in [0.25, 0.3) is 5.91 Å². The van der Waals surface area contributed by atoms with E-state index in [9.17, 15) is 19.5 Å². The summed E-state index contributed by atoms with van der Waals surface area (Å²) in [5, 5.41) is 12.9. The summed E-state index contributed by atoms with van der Waals surface area (Å²) < 4.78 is 0. The molecule has 2 heterocycles. The Morgan fingerprint density at radius 2 is 1.91 bits per heavy atom. The number of rotatable bonds is 3. The number of aromatic hydroxyl groups is 1. The summed E-state index contributed by atoms with van der Waals surface area (Å²) in [6, 6.07) is 2.58. The summed E-state index contributed by atoms with van der Waals surface area (Å²) in [5.74, 6) is -0.686. The molecule has 1 amide bonds. The van der Waals surface area contributed by atoms with Crippen LogP contribution in [0, 0.1) is 0 Å². The van der Waals surface area contributed by atoms with Crippen LogP contribution in [0.3, 0.4) is 0 Å². The maximum atomic E-state index is 12.5. The number of likely N-dealkylation sites (N-methyl/N-ethyl adjacent to an activating group) is 1. The summed E-state index contributed by atoms with van der Waals surface area (Å²) in [4.78, 5) is 42.4. The van der Waals surface area contributed by atoms with Crippen molar-refractivity contribution in [2.45, 2.75) is 0 Å². The van der Waals surface area contributed by atoms with Crippen molar-refractivity contribution in [2.75, 3.05) is 38.5 Å². The van der Waals surface area contributed by atoms with Gasteiger partial charge in [0.1, 0.15) is 0 Å². The van der Waals surface area contributed by atoms with E-state index < -0.39 is 10.9 Å². The second-order valence-corrected chi connectivity index (χ2v) is 5.53. The summed E-state index contributed by atoms with van der Waals surface area (Å²) in [5.41, 5.74) is -1.04. The molecule has 8 nitrogen and oxygen atoms in total. The van der Waals surface area contributed by atoms with Crippen molar-refractivity contribution in [2.24, 2.45) is 0 Å². The molecule has 8 heteroatoms. The number of anilines is 2. The largest absolute Gasteiger partial charge is 0.504 e. The van der Waals surface area contributed by atoms with Crippen molar-refractivity contribution in [1.82, 2.24) is 14.8 Å². The van der Waals surface area contributed by atoms with Crippen LogP contribution in [-0.2, 0) is 0 Å². The Bertz CT molecular complexity index is 817. The van der Waals surface area contributed by atoms with Crippen molar-refractivity contribution in [3.05, 3.63) is 44.5 Å². The first-order valence-corrected chi connectivity index (χ1v) is 7.20. The molecule has 0 atom stereocenters. The van der Waals surface area contributed by atoms with Gasteiger partial charge >= 0.3 is 0 Å². The quantitative estimate of drug-likeness (QED) is 0.737. The third-order valence-corrected chi connectivity index (χ3v) is 3.93. The highest BCUT2D eigenvalue weighted by atomic mass is 16.3. The van der Waals surface area contributed by atoms with E-state index in [4.69, 9.17) is 0 Å². The average molecular weight is 316 g/mol. The average Bonchev–Trinajstić information content (AvgIpc) is 2.56. The fourth-order valence-electron chi connectivity index (χ4n) is 2.43. The Balaban J connectivity index is 1.82. The number of hydrogen-bond acceptors (Lipinski definition) is 7. The van der Waals surface area contributed by atoms with E-state index in [1.165, 1.54) is 12.3 Å². The Morgan fingerprint density at radius 1 is 1.22 bits per heavy atom. The molecule has 1 aromatic heterocycles. The fourth-order valence-corrected chi connectivity index (χ4v) is 2.43. The highest BCUT2D eigenvalue weighted by Gasteiger charge is 2.25. The van der Waals surface area contributed by atoms with Crippen LogP contribution in [0.4, 0.5) is 11.4 Å². The number of piperazine rings is 1. The minimum absolute atomic E-state index is 0.0711. The molecule has 120 valence electrons. The van der Waals surface area contributed by atoms with Crippen LogP contribution in [0.5, 0.6) is 5.75 Å². The van der Waals surface area contributed by atoms with E-state index >= 15 is 0 Å². The molecule has 1 saturated heterocycles. The molecule has 1 fully saturated rings. The van der Waals surface area contributed by atoms with E-state index in [1.54, 1.807) is 4.90 Å². The van der Waals surface area contributed by atoms with E-state index in [1.807, 2.05) is 7.05 Å². The zero-order chi connectivity index (χ0) is 16.6. The number of amides is 1. The topological polar surface area (TPSA) is 103 Å². The highest BCUT2D eigenvalue weighted by Crippen LogP contribution is 2.28. The molecular weight excluding hydrogens is 300 g/mol. The van der Waals surface area contributed by atoms with Gasteiger partial charge in [0, 0.05) is 38.4 Å². The molecular formula is C15H16N4O4. The monoisotopic (exact) mass is 316 g/mol. The summed E-state index contributed by atoms with van der Waals surface area (Å²) >= 11 is 0. The second-order valence-electron chi connectivity index (χ2n) is 5.53. The van der Waals surface area contributed by atoms with Gasteiger partial charge in [-0.3, -0.25) is 14.4 Å². The van der Waals surface area contributed by atoms with Gasteiger partial charge in [-0.2, -0.15) is 0 Å². The Kier molecular flexibility index (Phi) is 3.83. The van der Waals surface area contributed by atoms with Gasteiger partial charge in [0.2, 0.25) is 10.9 Å². The van der Waals surface area contributed by atoms with Crippen LogP contribution >= 0.6 is 0 Å². The predicted octanol–water partition coefficient (Wildman–Crippen LogP) is -0.486. The van der Waals surface area contributed by atoms with E-state index in [-0.39, 0.29) is 28.7 Å². The maximum absolute atomic E-state index is 12.5. The third kappa shape index (κ3) is 2.80. The highest BCUT2D eigenvalue weighted by molar-refractivity contribution is 5.97. The zero-order valence-electron chi connectivity index (χ0n) is 12.6. The number of pyridine rings is 1. The molecule has 2 aromatic rings. The van der Waals surface area contributed by atoms with Gasteiger partial charge in [-0.1, -0.05) is 0 Å². The minimum Gasteiger partial charge on any atom is -0.504 e. The van der Waals surface area contributed by atoms with Crippen molar-refractivity contribution in [3.8, 4) is 5.75 Å². The van der Waals surface area contributed by atoms with Gasteiger partial charge in [0.05, 0.1) is 11.4 Å². The first-order chi connectivity index (χ1) is 11.0. The first kappa shape index (κ1) is 15.2. The molecule has 2 N–H and O–H groups in total.